The second-order valence-electron chi connectivity index (χ2n) is 3.67. The van der Waals surface area contributed by atoms with Crippen molar-refractivity contribution in [3.8, 4) is 0 Å². The number of nitrogens with one attached hydrogen (secondary N) is 2. The number of carbonyl (C=O) groups excluding carboxylic acids is 1. The fourth-order valence-electron chi connectivity index (χ4n) is 1.43. The summed E-state index contributed by atoms with van der Waals surface area (Å²) in [5.74, 6) is -0.409. The Hall–Kier alpha value is -1.67. The summed E-state index contributed by atoms with van der Waals surface area (Å²) in [6, 6.07) is 0. The third-order valence-electron chi connectivity index (χ3n) is 2.27. The maximum absolute atomic E-state index is 11.6. The van der Waals surface area contributed by atoms with Gasteiger partial charge in [-0.05, 0) is 13.8 Å². The number of aromatic amines is 1. The molecule has 2 aromatic heterocycles. The molecule has 0 atom stereocenters. The normalized spacial score (nSPS) is 10.4. The van der Waals surface area contributed by atoms with E-state index in [2.05, 4.69) is 15.3 Å². The molecule has 2 aromatic rings. The van der Waals surface area contributed by atoms with E-state index in [9.17, 15) is 9.59 Å². The van der Waals surface area contributed by atoms with Gasteiger partial charge in [-0.3, -0.25) is 4.79 Å². The highest BCUT2D eigenvalue weighted by Gasteiger charge is 2.16. The van der Waals surface area contributed by atoms with Crippen LogP contribution >= 0.6 is 22.7 Å². The number of aryl methyl sites for hydroxylation is 1. The van der Waals surface area contributed by atoms with Gasteiger partial charge in [0.15, 0.2) is 10.8 Å². The zero-order chi connectivity index (χ0) is 13.8. The van der Waals surface area contributed by atoms with Gasteiger partial charge in [0.1, 0.15) is 0 Å². The lowest BCUT2D eigenvalue weighted by Crippen LogP contribution is -2.07. The summed E-state index contributed by atoms with van der Waals surface area (Å²) < 4.78 is 4.92. The number of rotatable bonds is 5. The number of aromatic nitrogens is 2. The first kappa shape index (κ1) is 13.8. The van der Waals surface area contributed by atoms with E-state index in [1.54, 1.807) is 12.3 Å². The summed E-state index contributed by atoms with van der Waals surface area (Å²) in [6.07, 6.45) is 0. The van der Waals surface area contributed by atoms with Gasteiger partial charge in [-0.15, -0.1) is 11.3 Å². The van der Waals surface area contributed by atoms with Gasteiger partial charge >= 0.3 is 10.8 Å². The van der Waals surface area contributed by atoms with Gasteiger partial charge in [0.25, 0.3) is 0 Å². The van der Waals surface area contributed by atoms with Crippen LogP contribution < -0.4 is 10.2 Å². The molecule has 0 amide bonds. The van der Waals surface area contributed by atoms with E-state index in [4.69, 9.17) is 4.74 Å². The van der Waals surface area contributed by atoms with E-state index in [0.29, 0.717) is 24.0 Å². The highest BCUT2D eigenvalue weighted by atomic mass is 32.1. The molecule has 0 aliphatic rings. The lowest BCUT2D eigenvalue weighted by atomic mass is 10.4. The lowest BCUT2D eigenvalue weighted by molar-refractivity contribution is 0.0519. The van der Waals surface area contributed by atoms with Crippen LogP contribution in [0.3, 0.4) is 0 Å². The molecule has 19 heavy (non-hydrogen) atoms. The van der Waals surface area contributed by atoms with Gasteiger partial charge in [0.2, 0.25) is 0 Å². The van der Waals surface area contributed by atoms with Crippen LogP contribution in [-0.4, -0.2) is 22.5 Å². The molecule has 0 spiro atoms. The van der Waals surface area contributed by atoms with E-state index in [1.807, 2.05) is 6.92 Å². The van der Waals surface area contributed by atoms with Crippen LogP contribution in [0.25, 0.3) is 0 Å². The predicted molar refractivity (Wildman–Crippen MR) is 75.1 cm³/mol. The predicted octanol–water partition coefficient (Wildman–Crippen LogP) is 1.99. The van der Waals surface area contributed by atoms with Gasteiger partial charge in [0, 0.05) is 16.0 Å². The highest BCUT2D eigenvalue weighted by molar-refractivity contribution is 7.15. The van der Waals surface area contributed by atoms with Crippen molar-refractivity contribution in [3.63, 3.8) is 0 Å². The van der Waals surface area contributed by atoms with Crippen LogP contribution in [-0.2, 0) is 11.3 Å². The number of esters is 1. The SMILES string of the molecule is CCOC(=O)c1nc(NCc2csc(=O)[nH]2)sc1C. The Morgan fingerprint density at radius 3 is 3.00 bits per heavy atom. The third kappa shape index (κ3) is 3.42. The topological polar surface area (TPSA) is 84.1 Å². The molecular formula is C11H13N3O3S2. The molecular weight excluding hydrogens is 286 g/mol. The molecule has 0 unspecified atom stereocenters. The van der Waals surface area contributed by atoms with Crippen LogP contribution in [0, 0.1) is 6.92 Å². The lowest BCUT2D eigenvalue weighted by Gasteiger charge is -1.99. The first-order chi connectivity index (χ1) is 9.10. The van der Waals surface area contributed by atoms with E-state index in [-0.39, 0.29) is 4.87 Å². The fourth-order valence-corrected chi connectivity index (χ4v) is 2.81. The van der Waals surface area contributed by atoms with Crippen molar-refractivity contribution in [1.29, 1.82) is 0 Å². The number of nitrogens with zero attached hydrogens (tertiary/aromatic N) is 1. The second-order valence-corrected chi connectivity index (χ2v) is 5.72. The number of hydrogen-bond acceptors (Lipinski definition) is 7. The molecule has 0 saturated carbocycles. The minimum Gasteiger partial charge on any atom is -0.461 e. The standard InChI is InChI=1S/C11H13N3O3S2/c1-3-17-9(15)8-6(2)19-10(14-8)12-4-7-5-18-11(16)13-7/h5H,3-4H2,1-2H3,(H,12,14)(H,13,16). The van der Waals surface area contributed by atoms with Crippen molar-refractivity contribution < 1.29 is 9.53 Å². The molecule has 8 heteroatoms. The van der Waals surface area contributed by atoms with E-state index < -0.39 is 5.97 Å². The molecule has 0 aliphatic carbocycles. The Labute approximate surface area is 117 Å². The number of carbonyl (C=O) groups is 1. The molecule has 0 radical (unpaired) electrons. The highest BCUT2D eigenvalue weighted by Crippen LogP contribution is 2.23. The molecule has 0 aliphatic heterocycles. The minimum absolute atomic E-state index is 0.0840. The average molecular weight is 299 g/mol. The van der Waals surface area contributed by atoms with Gasteiger partial charge in [0.05, 0.1) is 13.2 Å². The largest absolute Gasteiger partial charge is 0.461 e. The molecule has 102 valence electrons. The number of H-pyrrole nitrogens is 1. The van der Waals surface area contributed by atoms with Gasteiger partial charge in [-0.25, -0.2) is 9.78 Å². The summed E-state index contributed by atoms with van der Waals surface area (Å²) in [6.45, 7) is 4.37. The van der Waals surface area contributed by atoms with Crippen molar-refractivity contribution in [2.45, 2.75) is 20.4 Å². The van der Waals surface area contributed by atoms with E-state index in [1.165, 1.54) is 11.3 Å². The summed E-state index contributed by atoms with van der Waals surface area (Å²) in [5.41, 5.74) is 1.13. The van der Waals surface area contributed by atoms with Crippen molar-refractivity contribution >= 4 is 33.8 Å². The maximum Gasteiger partial charge on any atom is 0.358 e. The Morgan fingerprint density at radius 2 is 2.37 bits per heavy atom. The van der Waals surface area contributed by atoms with Crippen molar-refractivity contribution in [1.82, 2.24) is 9.97 Å². The van der Waals surface area contributed by atoms with Crippen LogP contribution in [0.5, 0.6) is 0 Å². The number of thiazole rings is 2. The molecule has 0 aromatic carbocycles. The molecule has 6 nitrogen and oxygen atoms in total. The first-order valence-electron chi connectivity index (χ1n) is 5.65. The fraction of sp³-hybridized carbons (Fsp3) is 0.364. The van der Waals surface area contributed by atoms with Gasteiger partial charge in [-0.1, -0.05) is 11.3 Å². The monoisotopic (exact) mass is 299 g/mol. The summed E-state index contributed by atoms with van der Waals surface area (Å²) in [7, 11) is 0. The minimum atomic E-state index is -0.409. The molecule has 2 N–H and O–H groups in total. The number of ether oxygens (including phenoxy) is 1. The first-order valence-corrected chi connectivity index (χ1v) is 7.35. The van der Waals surface area contributed by atoms with Crippen LogP contribution in [0.2, 0.25) is 0 Å². The van der Waals surface area contributed by atoms with E-state index >= 15 is 0 Å². The van der Waals surface area contributed by atoms with Crippen LogP contribution in [0.1, 0.15) is 28.0 Å². The Balaban J connectivity index is 2.03. The average Bonchev–Trinajstić information content (AvgIpc) is 2.93. The van der Waals surface area contributed by atoms with Gasteiger partial charge in [-0.2, -0.15) is 0 Å². The maximum atomic E-state index is 11.6. The zero-order valence-electron chi connectivity index (χ0n) is 10.5. The second kappa shape index (κ2) is 5.98. The molecule has 0 saturated heterocycles. The van der Waals surface area contributed by atoms with Crippen LogP contribution in [0.15, 0.2) is 10.2 Å². The zero-order valence-corrected chi connectivity index (χ0v) is 12.1. The van der Waals surface area contributed by atoms with E-state index in [0.717, 1.165) is 21.9 Å². The molecule has 0 bridgehead atoms. The van der Waals surface area contributed by atoms with Gasteiger partial charge < -0.3 is 15.0 Å². The van der Waals surface area contributed by atoms with Crippen molar-refractivity contribution in [2.75, 3.05) is 11.9 Å². The van der Waals surface area contributed by atoms with Crippen LogP contribution in [0.4, 0.5) is 5.13 Å². The summed E-state index contributed by atoms with van der Waals surface area (Å²) >= 11 is 2.50. The molecule has 0 fully saturated rings. The molecule has 2 rings (SSSR count). The Morgan fingerprint density at radius 1 is 1.58 bits per heavy atom. The smallest absolute Gasteiger partial charge is 0.358 e. The number of anilines is 1. The summed E-state index contributed by atoms with van der Waals surface area (Å²) in [5, 5.41) is 5.45. The Kier molecular flexibility index (Phi) is 4.33. The van der Waals surface area contributed by atoms with Crippen molar-refractivity contribution in [2.24, 2.45) is 0 Å². The van der Waals surface area contributed by atoms with Crippen molar-refractivity contribution in [3.05, 3.63) is 31.3 Å². The summed E-state index contributed by atoms with van der Waals surface area (Å²) in [4.78, 5) is 30.2. The number of hydrogen-bond donors (Lipinski definition) is 2. The quantitative estimate of drug-likeness (QED) is 0.825. The third-order valence-corrected chi connectivity index (χ3v) is 3.91. The molecule has 2 heterocycles. The Bertz CT molecular complexity index is 629.